The lowest BCUT2D eigenvalue weighted by Gasteiger charge is -2.61. The summed E-state index contributed by atoms with van der Waals surface area (Å²) in [6, 6.07) is 0. The van der Waals surface area contributed by atoms with Gasteiger partial charge in [0.2, 0.25) is 0 Å². The lowest BCUT2D eigenvalue weighted by molar-refractivity contribution is -0.142. The van der Waals surface area contributed by atoms with Crippen molar-refractivity contribution in [2.45, 2.75) is 104 Å². The highest BCUT2D eigenvalue weighted by atomic mass is 19.1. The van der Waals surface area contributed by atoms with Crippen LogP contribution in [-0.4, -0.2) is 12.0 Å². The maximum absolute atomic E-state index is 15.4. The Bertz CT molecular complexity index is 655. The Hall–Kier alpha value is -0.660. The maximum atomic E-state index is 15.4. The van der Waals surface area contributed by atoms with Crippen molar-refractivity contribution < 1.29 is 9.18 Å². The molecule has 4 rings (SSSR count). The summed E-state index contributed by atoms with van der Waals surface area (Å²) in [6.45, 7) is 13.0. The van der Waals surface area contributed by atoms with E-state index in [2.05, 4.69) is 27.4 Å². The summed E-state index contributed by atoms with van der Waals surface area (Å²) < 4.78 is 15.4. The number of hydrogen-bond donors (Lipinski definition) is 0. The molecule has 0 spiro atoms. The molecule has 4 fully saturated rings. The molecule has 2 unspecified atom stereocenters. The van der Waals surface area contributed by atoms with E-state index in [4.69, 9.17) is 0 Å². The molecule has 2 heteroatoms. The van der Waals surface area contributed by atoms with Crippen molar-refractivity contribution in [3.8, 4) is 0 Å². The number of halogens is 1. The van der Waals surface area contributed by atoms with Gasteiger partial charge >= 0.3 is 0 Å². The van der Waals surface area contributed by atoms with Crippen molar-refractivity contribution in [1.82, 2.24) is 0 Å². The largest absolute Gasteiger partial charge is 0.295 e. The molecule has 0 aromatic rings. The number of alkyl halides is 1. The fraction of sp³-hybridized carbons (Fsp3) is 0.889. The predicted molar refractivity (Wildman–Crippen MR) is 118 cm³/mol. The molecule has 29 heavy (non-hydrogen) atoms. The number of fused-ring (bicyclic) bond motifs is 5. The third-order valence-corrected chi connectivity index (χ3v) is 10.6. The number of allylic oxidation sites excluding steroid dienone is 1. The first-order chi connectivity index (χ1) is 13.7. The van der Waals surface area contributed by atoms with Crippen LogP contribution in [0.2, 0.25) is 0 Å². The van der Waals surface area contributed by atoms with Crippen molar-refractivity contribution in [3.05, 3.63) is 12.2 Å². The second kappa shape index (κ2) is 7.79. The van der Waals surface area contributed by atoms with E-state index in [0.29, 0.717) is 47.0 Å². The second-order valence-electron chi connectivity index (χ2n) is 11.9. The minimum absolute atomic E-state index is 0.226. The summed E-state index contributed by atoms with van der Waals surface area (Å²) in [4.78, 5) is 12.1. The molecule has 4 saturated carbocycles. The van der Waals surface area contributed by atoms with Gasteiger partial charge in [0, 0.05) is 6.42 Å². The van der Waals surface area contributed by atoms with E-state index in [1.165, 1.54) is 44.9 Å². The maximum Gasteiger partial charge on any atom is 0.157 e. The Morgan fingerprint density at radius 1 is 1.03 bits per heavy atom. The first kappa shape index (κ1) is 21.6. The van der Waals surface area contributed by atoms with Crippen molar-refractivity contribution in [2.75, 3.05) is 0 Å². The van der Waals surface area contributed by atoms with Crippen LogP contribution in [0.25, 0.3) is 0 Å². The average molecular weight is 403 g/mol. The Labute approximate surface area is 178 Å². The Balaban J connectivity index is 1.50. The molecular formula is C27H43FO. The molecule has 1 nitrogen and oxygen atoms in total. The highest BCUT2D eigenvalue weighted by molar-refractivity contribution is 5.94. The van der Waals surface area contributed by atoms with Crippen LogP contribution in [0.4, 0.5) is 4.39 Å². The average Bonchev–Trinajstić information content (AvgIpc) is 3.03. The number of hydrogen-bond acceptors (Lipinski definition) is 1. The number of carbonyl (C=O) groups excluding carboxylic acids is 1. The molecule has 0 saturated heterocycles. The summed E-state index contributed by atoms with van der Waals surface area (Å²) in [5.74, 6) is 3.86. The standard InChI is InChI=1S/C27H43FO/c1-17(2)25(29)12-9-18(3)20-10-11-21-19-16-24(28)23-8-6-7-14-26(23,4)22(19)13-15-27(20,21)5/h18-24H,1,6-16H2,2-5H3/t18-,19+,20-,21+,22+,23?,24?,26-,27-/m1/s1. The van der Waals surface area contributed by atoms with Crippen molar-refractivity contribution >= 4 is 5.78 Å². The molecule has 0 amide bonds. The number of carbonyl (C=O) groups is 1. The van der Waals surface area contributed by atoms with Gasteiger partial charge in [0.1, 0.15) is 6.17 Å². The van der Waals surface area contributed by atoms with Crippen LogP contribution in [0.1, 0.15) is 98.3 Å². The highest BCUT2D eigenvalue weighted by Gasteiger charge is 2.62. The Kier molecular flexibility index (Phi) is 5.79. The fourth-order valence-corrected chi connectivity index (χ4v) is 9.05. The van der Waals surface area contributed by atoms with Gasteiger partial charge in [-0.15, -0.1) is 0 Å². The van der Waals surface area contributed by atoms with Gasteiger partial charge < -0.3 is 0 Å². The van der Waals surface area contributed by atoms with Gasteiger partial charge in [-0.2, -0.15) is 0 Å². The zero-order valence-corrected chi connectivity index (χ0v) is 19.3. The van der Waals surface area contributed by atoms with Crippen LogP contribution >= 0.6 is 0 Å². The van der Waals surface area contributed by atoms with E-state index >= 15 is 4.39 Å². The van der Waals surface area contributed by atoms with Crippen LogP contribution in [0, 0.1) is 46.3 Å². The fourth-order valence-electron chi connectivity index (χ4n) is 9.05. The molecular weight excluding hydrogens is 359 g/mol. The van der Waals surface area contributed by atoms with Gasteiger partial charge in [-0.25, -0.2) is 4.39 Å². The SMILES string of the molecule is C=C(C)C(=O)CC[C@@H](C)[C@H]1CC[C@H]2[C@@H]3CC(F)C4CCCC[C@]4(C)[C@H]3CC[C@]12C. The Morgan fingerprint density at radius 3 is 2.48 bits per heavy atom. The zero-order chi connectivity index (χ0) is 21.0. The summed E-state index contributed by atoms with van der Waals surface area (Å²) >= 11 is 0. The number of Topliss-reactive ketones (excluding diaryl/α,β-unsaturated/α-hetero) is 1. The Morgan fingerprint density at radius 2 is 1.76 bits per heavy atom. The van der Waals surface area contributed by atoms with Gasteiger partial charge in [-0.05, 0) is 110 Å². The van der Waals surface area contributed by atoms with E-state index < -0.39 is 6.17 Å². The monoisotopic (exact) mass is 402 g/mol. The summed E-state index contributed by atoms with van der Waals surface area (Å²) in [7, 11) is 0. The summed E-state index contributed by atoms with van der Waals surface area (Å²) in [5, 5.41) is 0. The molecule has 4 aliphatic carbocycles. The quantitative estimate of drug-likeness (QED) is 0.434. The zero-order valence-electron chi connectivity index (χ0n) is 19.3. The highest BCUT2D eigenvalue weighted by Crippen LogP contribution is 2.68. The normalized spacial score (nSPS) is 47.6. The van der Waals surface area contributed by atoms with Crippen molar-refractivity contribution in [1.29, 1.82) is 0 Å². The van der Waals surface area contributed by atoms with Gasteiger partial charge in [0.25, 0.3) is 0 Å². The molecule has 164 valence electrons. The van der Waals surface area contributed by atoms with E-state index in [1.54, 1.807) is 0 Å². The van der Waals surface area contributed by atoms with Crippen molar-refractivity contribution in [3.63, 3.8) is 0 Å². The first-order valence-electron chi connectivity index (χ1n) is 12.5. The van der Waals surface area contributed by atoms with E-state index in [-0.39, 0.29) is 11.2 Å². The third kappa shape index (κ3) is 3.45. The number of ketones is 1. The van der Waals surface area contributed by atoms with Crippen LogP contribution in [0.3, 0.4) is 0 Å². The second-order valence-corrected chi connectivity index (χ2v) is 11.9. The molecule has 9 atom stereocenters. The lowest BCUT2D eigenvalue weighted by Crippen LogP contribution is -2.56. The van der Waals surface area contributed by atoms with Gasteiger partial charge in [-0.3, -0.25) is 4.79 Å². The number of rotatable bonds is 5. The molecule has 0 N–H and O–H groups in total. The van der Waals surface area contributed by atoms with Crippen molar-refractivity contribution in [2.24, 2.45) is 46.3 Å². The summed E-state index contributed by atoms with van der Waals surface area (Å²) in [5.41, 5.74) is 1.30. The minimum atomic E-state index is -0.575. The summed E-state index contributed by atoms with van der Waals surface area (Å²) in [6.07, 6.45) is 12.0. The lowest BCUT2D eigenvalue weighted by atomic mass is 9.44. The van der Waals surface area contributed by atoms with Crippen LogP contribution in [-0.2, 0) is 4.79 Å². The van der Waals surface area contributed by atoms with Crippen LogP contribution < -0.4 is 0 Å². The molecule has 0 heterocycles. The molecule has 0 aliphatic heterocycles. The predicted octanol–water partition coefficient (Wildman–Crippen LogP) is 7.54. The third-order valence-electron chi connectivity index (χ3n) is 10.6. The molecule has 0 aromatic carbocycles. The van der Waals surface area contributed by atoms with E-state index in [9.17, 15) is 4.79 Å². The smallest absolute Gasteiger partial charge is 0.157 e. The van der Waals surface area contributed by atoms with E-state index in [0.717, 1.165) is 25.2 Å². The van der Waals surface area contributed by atoms with Gasteiger partial charge in [0.15, 0.2) is 5.78 Å². The molecule has 4 aliphatic rings. The van der Waals surface area contributed by atoms with Gasteiger partial charge in [0.05, 0.1) is 0 Å². The molecule has 0 bridgehead atoms. The minimum Gasteiger partial charge on any atom is -0.295 e. The van der Waals surface area contributed by atoms with Crippen LogP contribution in [0.5, 0.6) is 0 Å². The first-order valence-corrected chi connectivity index (χ1v) is 12.5. The molecule has 0 aromatic heterocycles. The van der Waals surface area contributed by atoms with E-state index in [1.807, 2.05) is 6.92 Å². The van der Waals surface area contributed by atoms with Gasteiger partial charge in [-0.1, -0.05) is 40.2 Å². The van der Waals surface area contributed by atoms with Crippen LogP contribution in [0.15, 0.2) is 12.2 Å². The topological polar surface area (TPSA) is 17.1 Å². The molecule has 0 radical (unpaired) electrons.